The number of carbonyl (C=O) groups is 2. The van der Waals surface area contributed by atoms with Gasteiger partial charge in [0.25, 0.3) is 0 Å². The molecule has 0 atom stereocenters. The van der Waals surface area contributed by atoms with Gasteiger partial charge in [0.05, 0.1) is 6.54 Å². The fourth-order valence-corrected chi connectivity index (χ4v) is 4.79. The van der Waals surface area contributed by atoms with Gasteiger partial charge in [0.1, 0.15) is 0 Å². The van der Waals surface area contributed by atoms with E-state index in [0.717, 1.165) is 31.2 Å². The number of nitrogens with zero attached hydrogens (tertiary/aromatic N) is 2. The van der Waals surface area contributed by atoms with Gasteiger partial charge in [0.15, 0.2) is 0 Å². The Balaban J connectivity index is 1.41. The molecule has 1 aromatic carbocycles. The monoisotopic (exact) mass is 420 g/mol. The van der Waals surface area contributed by atoms with E-state index < -0.39 is 16.1 Å². The summed E-state index contributed by atoms with van der Waals surface area (Å²) in [7, 11) is -3.50. The lowest BCUT2D eigenvalue weighted by Crippen LogP contribution is -2.52. The first-order chi connectivity index (χ1) is 13.9. The molecule has 1 saturated carbocycles. The highest BCUT2D eigenvalue weighted by molar-refractivity contribution is 7.92. The van der Waals surface area contributed by atoms with Crippen LogP contribution in [0.2, 0.25) is 0 Å². The lowest BCUT2D eigenvalue weighted by Gasteiger charge is -2.32. The first-order valence-electron chi connectivity index (χ1n) is 9.98. The highest BCUT2D eigenvalue weighted by atomic mass is 32.2. The van der Waals surface area contributed by atoms with E-state index >= 15 is 0 Å². The van der Waals surface area contributed by atoms with Crippen molar-refractivity contribution in [2.45, 2.75) is 31.7 Å². The second-order valence-electron chi connectivity index (χ2n) is 7.44. The summed E-state index contributed by atoms with van der Waals surface area (Å²) in [5.41, 5.74) is 0.822. The topological polar surface area (TPSA) is 98.8 Å². The van der Waals surface area contributed by atoms with Gasteiger partial charge in [-0.1, -0.05) is 43.2 Å². The number of amides is 3. The van der Waals surface area contributed by atoms with Gasteiger partial charge in [-0.2, -0.15) is 4.31 Å². The molecule has 29 heavy (non-hydrogen) atoms. The first-order valence-corrected chi connectivity index (χ1v) is 11.5. The maximum atomic E-state index is 12.5. The highest BCUT2D eigenvalue weighted by Crippen LogP contribution is 2.17. The van der Waals surface area contributed by atoms with E-state index in [0.29, 0.717) is 26.2 Å². The molecule has 2 aliphatic rings. The predicted molar refractivity (Wildman–Crippen MR) is 111 cm³/mol. The van der Waals surface area contributed by atoms with Crippen LogP contribution in [0, 0.1) is 0 Å². The molecule has 3 amide bonds. The summed E-state index contributed by atoms with van der Waals surface area (Å²) in [5.74, 6) is -0.374. The average molecular weight is 421 g/mol. The van der Waals surface area contributed by atoms with Crippen LogP contribution in [0.25, 0.3) is 6.08 Å². The zero-order valence-electron chi connectivity index (χ0n) is 16.4. The van der Waals surface area contributed by atoms with E-state index in [-0.39, 0.29) is 18.5 Å². The van der Waals surface area contributed by atoms with E-state index in [1.165, 1.54) is 9.71 Å². The van der Waals surface area contributed by atoms with Gasteiger partial charge >= 0.3 is 6.03 Å². The van der Waals surface area contributed by atoms with Gasteiger partial charge in [0.2, 0.25) is 15.9 Å². The third kappa shape index (κ3) is 6.66. The van der Waals surface area contributed by atoms with E-state index in [1.807, 2.05) is 35.2 Å². The number of sulfonamides is 1. The number of carbonyl (C=O) groups excluding carboxylic acids is 2. The van der Waals surface area contributed by atoms with Crippen molar-refractivity contribution in [1.29, 1.82) is 0 Å². The Morgan fingerprint density at radius 1 is 1.03 bits per heavy atom. The van der Waals surface area contributed by atoms with E-state index in [2.05, 4.69) is 10.6 Å². The summed E-state index contributed by atoms with van der Waals surface area (Å²) < 4.78 is 26.4. The van der Waals surface area contributed by atoms with Crippen LogP contribution >= 0.6 is 0 Å². The van der Waals surface area contributed by atoms with Crippen LogP contribution in [0.15, 0.2) is 35.7 Å². The molecule has 0 spiro atoms. The third-order valence-corrected chi connectivity index (χ3v) is 6.80. The predicted octanol–water partition coefficient (Wildman–Crippen LogP) is 1.37. The van der Waals surface area contributed by atoms with Crippen molar-refractivity contribution in [2.24, 2.45) is 0 Å². The largest absolute Gasteiger partial charge is 0.335 e. The summed E-state index contributed by atoms with van der Waals surface area (Å²) >= 11 is 0. The highest BCUT2D eigenvalue weighted by Gasteiger charge is 2.26. The quantitative estimate of drug-likeness (QED) is 0.724. The minimum absolute atomic E-state index is 0.0752. The Morgan fingerprint density at radius 3 is 2.34 bits per heavy atom. The summed E-state index contributed by atoms with van der Waals surface area (Å²) in [4.78, 5) is 25.8. The van der Waals surface area contributed by atoms with Crippen molar-refractivity contribution in [2.75, 3.05) is 32.7 Å². The number of urea groups is 1. The maximum Gasteiger partial charge on any atom is 0.321 e. The van der Waals surface area contributed by atoms with Gasteiger partial charge in [-0.3, -0.25) is 15.0 Å². The Kier molecular flexibility index (Phi) is 7.40. The molecule has 1 aliphatic heterocycles. The Labute approximate surface area is 172 Å². The molecule has 2 N–H and O–H groups in total. The molecule has 3 rings (SSSR count). The molecule has 8 nitrogen and oxygen atoms in total. The van der Waals surface area contributed by atoms with Crippen molar-refractivity contribution < 1.29 is 18.0 Å². The third-order valence-electron chi connectivity index (χ3n) is 5.23. The molecule has 0 radical (unpaired) electrons. The number of hydrogen-bond acceptors (Lipinski definition) is 5. The molecule has 1 saturated heterocycles. The molecule has 1 heterocycles. The first kappa shape index (κ1) is 21.5. The minimum Gasteiger partial charge on any atom is -0.335 e. The zero-order valence-corrected chi connectivity index (χ0v) is 17.2. The standard InChI is InChI=1S/C20H28N4O4S/c25-19(22-20(26)21-18-8-4-5-9-18)16-23-11-13-24(14-12-23)29(27,28)15-10-17-6-2-1-3-7-17/h1-3,6-7,10,15,18H,4-5,8-9,11-14,16H2,(H2,21,22,25,26)/b15-10+. The van der Waals surface area contributed by atoms with E-state index in [1.54, 1.807) is 6.08 Å². The van der Waals surface area contributed by atoms with Crippen molar-refractivity contribution in [3.8, 4) is 0 Å². The molecule has 0 aromatic heterocycles. The lowest BCUT2D eigenvalue weighted by atomic mass is 10.2. The molecule has 1 aliphatic carbocycles. The van der Waals surface area contributed by atoms with Crippen molar-refractivity contribution in [1.82, 2.24) is 19.8 Å². The van der Waals surface area contributed by atoms with Crippen LogP contribution in [0.3, 0.4) is 0 Å². The Morgan fingerprint density at radius 2 is 1.69 bits per heavy atom. The van der Waals surface area contributed by atoms with Crippen molar-refractivity contribution in [3.05, 3.63) is 41.3 Å². The lowest BCUT2D eigenvalue weighted by molar-refractivity contribution is -0.121. The number of piperazine rings is 1. The van der Waals surface area contributed by atoms with Gasteiger partial charge < -0.3 is 5.32 Å². The fraction of sp³-hybridized carbons (Fsp3) is 0.500. The van der Waals surface area contributed by atoms with Gasteiger partial charge in [-0.05, 0) is 24.5 Å². The van der Waals surface area contributed by atoms with Crippen LogP contribution in [-0.2, 0) is 14.8 Å². The molecule has 9 heteroatoms. The van der Waals surface area contributed by atoms with Crippen molar-refractivity contribution in [3.63, 3.8) is 0 Å². The maximum absolute atomic E-state index is 12.5. The zero-order chi connectivity index (χ0) is 20.7. The van der Waals surface area contributed by atoms with Crippen LogP contribution in [0.4, 0.5) is 4.79 Å². The number of hydrogen-bond donors (Lipinski definition) is 2. The summed E-state index contributed by atoms with van der Waals surface area (Å²) in [6.07, 6.45) is 5.70. The molecule has 1 aromatic rings. The van der Waals surface area contributed by atoms with E-state index in [4.69, 9.17) is 0 Å². The molecule has 158 valence electrons. The summed E-state index contributed by atoms with van der Waals surface area (Å²) in [6.45, 7) is 1.57. The average Bonchev–Trinajstić information content (AvgIpc) is 3.20. The number of benzene rings is 1. The molecular formula is C20H28N4O4S. The molecule has 0 unspecified atom stereocenters. The number of rotatable bonds is 6. The minimum atomic E-state index is -3.50. The van der Waals surface area contributed by atoms with Gasteiger partial charge in [-0.25, -0.2) is 13.2 Å². The molecular weight excluding hydrogens is 392 g/mol. The SMILES string of the molecule is O=C(CN1CCN(S(=O)(=O)/C=C/c2ccccc2)CC1)NC(=O)NC1CCCC1. The second kappa shape index (κ2) is 10.00. The van der Waals surface area contributed by atoms with E-state index in [9.17, 15) is 18.0 Å². The molecule has 2 fully saturated rings. The smallest absolute Gasteiger partial charge is 0.321 e. The Bertz CT molecular complexity index is 827. The van der Waals surface area contributed by atoms with Crippen LogP contribution in [0.1, 0.15) is 31.2 Å². The summed E-state index contributed by atoms with van der Waals surface area (Å²) in [6, 6.07) is 8.96. The normalized spacial score (nSPS) is 19.4. The molecule has 0 bridgehead atoms. The Hall–Kier alpha value is -2.23. The number of imide groups is 1. The van der Waals surface area contributed by atoms with Crippen molar-refractivity contribution >= 4 is 28.0 Å². The number of nitrogens with one attached hydrogen (secondary N) is 2. The van der Waals surface area contributed by atoms with Crippen LogP contribution in [0.5, 0.6) is 0 Å². The summed E-state index contributed by atoms with van der Waals surface area (Å²) in [5, 5.41) is 6.40. The van der Waals surface area contributed by atoms with Gasteiger partial charge in [0, 0.05) is 37.6 Å². The van der Waals surface area contributed by atoms with Crippen LogP contribution < -0.4 is 10.6 Å². The van der Waals surface area contributed by atoms with Crippen LogP contribution in [-0.4, -0.2) is 68.3 Å². The fourth-order valence-electron chi connectivity index (χ4n) is 3.62. The van der Waals surface area contributed by atoms with Gasteiger partial charge in [-0.15, -0.1) is 0 Å². The second-order valence-corrected chi connectivity index (χ2v) is 9.26.